The lowest BCUT2D eigenvalue weighted by molar-refractivity contribution is -0.137. The second kappa shape index (κ2) is 7.19. The molecule has 1 aromatic carbocycles. The highest BCUT2D eigenvalue weighted by molar-refractivity contribution is 5.85. The number of aromatic nitrogens is 1. The zero-order chi connectivity index (χ0) is 17.3. The normalized spacial score (nSPS) is 13.7. The van der Waals surface area contributed by atoms with Gasteiger partial charge in [0, 0.05) is 18.3 Å². The van der Waals surface area contributed by atoms with E-state index in [-0.39, 0.29) is 18.8 Å². The van der Waals surface area contributed by atoms with Gasteiger partial charge in [-0.2, -0.15) is 13.2 Å². The third-order valence-corrected chi connectivity index (χ3v) is 3.47. The van der Waals surface area contributed by atoms with Crippen molar-refractivity contribution in [2.24, 2.45) is 11.5 Å². The number of carbonyl (C=O) groups excluding carboxylic acids is 1. The van der Waals surface area contributed by atoms with E-state index >= 15 is 0 Å². The van der Waals surface area contributed by atoms with Crippen LogP contribution < -0.4 is 11.5 Å². The molecule has 4 nitrogen and oxygen atoms in total. The summed E-state index contributed by atoms with van der Waals surface area (Å²) in [7, 11) is 0. The summed E-state index contributed by atoms with van der Waals surface area (Å²) in [5, 5.41) is 0. The molecule has 8 heteroatoms. The SMILES string of the molecule is C[C@](N)(Cc1cc(-c2ccc(C(F)(F)F)cc2)ccn1)C(N)=O.Cl. The van der Waals surface area contributed by atoms with Gasteiger partial charge in [0.2, 0.25) is 5.91 Å². The Morgan fingerprint density at radius 2 is 1.71 bits per heavy atom. The van der Waals surface area contributed by atoms with E-state index in [2.05, 4.69) is 4.98 Å². The van der Waals surface area contributed by atoms with Crippen molar-refractivity contribution in [2.45, 2.75) is 25.1 Å². The molecule has 2 aromatic rings. The van der Waals surface area contributed by atoms with Gasteiger partial charge in [-0.25, -0.2) is 0 Å². The van der Waals surface area contributed by atoms with Gasteiger partial charge in [0.1, 0.15) is 0 Å². The fourth-order valence-corrected chi connectivity index (χ4v) is 2.07. The predicted octanol–water partition coefficient (Wildman–Crippen LogP) is 2.93. The lowest BCUT2D eigenvalue weighted by atomic mass is 9.94. The Balaban J connectivity index is 0.00000288. The average Bonchev–Trinajstić information content (AvgIpc) is 2.46. The molecule has 0 spiro atoms. The fraction of sp³-hybridized carbons (Fsp3) is 0.250. The molecule has 0 aliphatic rings. The summed E-state index contributed by atoms with van der Waals surface area (Å²) < 4.78 is 37.7. The molecule has 0 aliphatic heterocycles. The van der Waals surface area contributed by atoms with Gasteiger partial charge >= 0.3 is 6.18 Å². The van der Waals surface area contributed by atoms with Crippen LogP contribution >= 0.6 is 12.4 Å². The average molecular weight is 360 g/mol. The number of hydrogen-bond acceptors (Lipinski definition) is 3. The summed E-state index contributed by atoms with van der Waals surface area (Å²) >= 11 is 0. The molecule has 1 heterocycles. The molecule has 1 amide bonds. The van der Waals surface area contributed by atoms with Crippen LogP contribution in [0.3, 0.4) is 0 Å². The van der Waals surface area contributed by atoms with Gasteiger partial charge in [-0.3, -0.25) is 9.78 Å². The summed E-state index contributed by atoms with van der Waals surface area (Å²) in [6.07, 6.45) is -2.72. The van der Waals surface area contributed by atoms with Gasteiger partial charge < -0.3 is 11.5 Å². The highest BCUT2D eigenvalue weighted by atomic mass is 35.5. The minimum absolute atomic E-state index is 0. The first-order chi connectivity index (χ1) is 10.6. The number of nitrogens with zero attached hydrogens (tertiary/aromatic N) is 1. The molecule has 0 fully saturated rings. The Hall–Kier alpha value is -2.12. The molecule has 0 saturated heterocycles. The van der Waals surface area contributed by atoms with Crippen LogP contribution in [0.2, 0.25) is 0 Å². The number of nitrogens with two attached hydrogens (primary N) is 2. The Bertz CT molecular complexity index is 715. The Morgan fingerprint density at radius 1 is 1.12 bits per heavy atom. The molecule has 130 valence electrons. The minimum Gasteiger partial charge on any atom is -0.368 e. The van der Waals surface area contributed by atoms with Crippen LogP contribution in [0.25, 0.3) is 11.1 Å². The van der Waals surface area contributed by atoms with Crippen molar-refractivity contribution in [3.05, 3.63) is 53.9 Å². The van der Waals surface area contributed by atoms with Crippen molar-refractivity contribution in [2.75, 3.05) is 0 Å². The molecule has 1 aromatic heterocycles. The number of primary amides is 1. The monoisotopic (exact) mass is 359 g/mol. The molecule has 2 rings (SSSR count). The van der Waals surface area contributed by atoms with Crippen molar-refractivity contribution < 1.29 is 18.0 Å². The van der Waals surface area contributed by atoms with E-state index in [0.29, 0.717) is 16.8 Å². The second-order valence-corrected chi connectivity index (χ2v) is 5.57. The van der Waals surface area contributed by atoms with Crippen LogP contribution in [0, 0.1) is 0 Å². The second-order valence-electron chi connectivity index (χ2n) is 5.57. The van der Waals surface area contributed by atoms with E-state index in [0.717, 1.165) is 12.1 Å². The smallest absolute Gasteiger partial charge is 0.368 e. The predicted molar refractivity (Wildman–Crippen MR) is 87.4 cm³/mol. The van der Waals surface area contributed by atoms with Crippen LogP contribution in [0.5, 0.6) is 0 Å². The van der Waals surface area contributed by atoms with Crippen molar-refractivity contribution in [3.8, 4) is 11.1 Å². The Kier molecular flexibility index (Phi) is 5.97. The lowest BCUT2D eigenvalue weighted by Gasteiger charge is -2.20. The number of hydrogen-bond donors (Lipinski definition) is 2. The maximum atomic E-state index is 12.6. The van der Waals surface area contributed by atoms with Crippen molar-refractivity contribution in [1.29, 1.82) is 0 Å². The van der Waals surface area contributed by atoms with E-state index in [4.69, 9.17) is 11.5 Å². The first kappa shape index (κ1) is 19.9. The molecule has 0 radical (unpaired) electrons. The van der Waals surface area contributed by atoms with Crippen LogP contribution in [0.4, 0.5) is 13.2 Å². The standard InChI is InChI=1S/C16H16F3N3O.ClH/c1-15(21,14(20)23)9-13-8-11(6-7-22-13)10-2-4-12(5-3-10)16(17,18)19;/h2-8H,9,21H2,1H3,(H2,20,23);1H/t15-;/m0./s1. The van der Waals surface area contributed by atoms with E-state index in [9.17, 15) is 18.0 Å². The minimum atomic E-state index is -4.37. The zero-order valence-corrected chi connectivity index (χ0v) is 13.6. The van der Waals surface area contributed by atoms with E-state index in [1.807, 2.05) is 0 Å². The molecule has 1 atom stereocenters. The molecular formula is C16H17ClF3N3O. The van der Waals surface area contributed by atoms with Crippen molar-refractivity contribution in [1.82, 2.24) is 4.98 Å². The molecule has 24 heavy (non-hydrogen) atoms. The van der Waals surface area contributed by atoms with Crippen molar-refractivity contribution >= 4 is 18.3 Å². The van der Waals surface area contributed by atoms with E-state index < -0.39 is 23.2 Å². The largest absolute Gasteiger partial charge is 0.416 e. The van der Waals surface area contributed by atoms with Gasteiger partial charge in [-0.05, 0) is 42.3 Å². The maximum absolute atomic E-state index is 12.6. The van der Waals surface area contributed by atoms with Crippen molar-refractivity contribution in [3.63, 3.8) is 0 Å². The Labute approximate surface area is 143 Å². The fourth-order valence-electron chi connectivity index (χ4n) is 2.07. The van der Waals surface area contributed by atoms with E-state index in [1.54, 1.807) is 12.1 Å². The summed E-state index contributed by atoms with van der Waals surface area (Å²) in [6, 6.07) is 8.16. The number of alkyl halides is 3. The number of pyridine rings is 1. The van der Waals surface area contributed by atoms with Gasteiger partial charge in [-0.15, -0.1) is 12.4 Å². The number of amides is 1. The molecule has 0 saturated carbocycles. The topological polar surface area (TPSA) is 82.0 Å². The van der Waals surface area contributed by atoms with Crippen LogP contribution in [-0.2, 0) is 17.4 Å². The van der Waals surface area contributed by atoms with Gasteiger partial charge in [0.15, 0.2) is 0 Å². The number of rotatable bonds is 4. The molecule has 0 bridgehead atoms. The molecule has 4 N–H and O–H groups in total. The quantitative estimate of drug-likeness (QED) is 0.880. The van der Waals surface area contributed by atoms with E-state index in [1.165, 1.54) is 25.3 Å². The highest BCUT2D eigenvalue weighted by Gasteiger charge is 2.30. The summed E-state index contributed by atoms with van der Waals surface area (Å²) in [5.41, 5.74) is 10.9. The van der Waals surface area contributed by atoms with Gasteiger partial charge in [0.05, 0.1) is 11.1 Å². The zero-order valence-electron chi connectivity index (χ0n) is 12.8. The van der Waals surface area contributed by atoms with Crippen LogP contribution in [-0.4, -0.2) is 16.4 Å². The van der Waals surface area contributed by atoms with Gasteiger partial charge in [0.25, 0.3) is 0 Å². The third kappa shape index (κ3) is 4.69. The first-order valence-electron chi connectivity index (χ1n) is 6.81. The molecule has 0 aliphatic carbocycles. The third-order valence-electron chi connectivity index (χ3n) is 3.47. The molecular weight excluding hydrogens is 343 g/mol. The first-order valence-corrected chi connectivity index (χ1v) is 6.81. The number of halogens is 4. The van der Waals surface area contributed by atoms with Gasteiger partial charge in [-0.1, -0.05) is 12.1 Å². The highest BCUT2D eigenvalue weighted by Crippen LogP contribution is 2.31. The van der Waals surface area contributed by atoms with Crippen LogP contribution in [0.1, 0.15) is 18.2 Å². The van der Waals surface area contributed by atoms with Crippen LogP contribution in [0.15, 0.2) is 42.6 Å². The summed E-state index contributed by atoms with van der Waals surface area (Å²) in [5.74, 6) is -0.653. The number of benzene rings is 1. The summed E-state index contributed by atoms with van der Waals surface area (Å²) in [4.78, 5) is 15.4. The molecule has 0 unspecified atom stereocenters. The number of carbonyl (C=O) groups is 1. The lowest BCUT2D eigenvalue weighted by Crippen LogP contribution is -2.51. The Morgan fingerprint density at radius 3 is 2.21 bits per heavy atom. The maximum Gasteiger partial charge on any atom is 0.416 e. The summed E-state index contributed by atoms with van der Waals surface area (Å²) in [6.45, 7) is 1.50.